The summed E-state index contributed by atoms with van der Waals surface area (Å²) in [7, 11) is 1.82. The van der Waals surface area contributed by atoms with E-state index in [9.17, 15) is 22.8 Å². The highest BCUT2D eigenvalue weighted by atomic mass is 19.4. The Morgan fingerprint density at radius 3 is 2.59 bits per heavy atom. The summed E-state index contributed by atoms with van der Waals surface area (Å²) in [5.74, 6) is -0.129. The SMILES string of the molecule is C=CC(=O)N1CCC(OCc2ccc(C(F)(F)F)cc2)C1.Cn1cc(-c2cn[nH]c(=O)c2)cn1. The molecule has 0 saturated carbocycles. The van der Waals surface area contributed by atoms with E-state index >= 15 is 0 Å². The van der Waals surface area contributed by atoms with Gasteiger partial charge < -0.3 is 9.64 Å². The highest BCUT2D eigenvalue weighted by Crippen LogP contribution is 2.29. The second-order valence-electron chi connectivity index (χ2n) is 7.64. The third kappa shape index (κ3) is 6.88. The van der Waals surface area contributed by atoms with Crippen LogP contribution in [0.5, 0.6) is 0 Å². The third-order valence-electron chi connectivity index (χ3n) is 5.10. The molecule has 1 unspecified atom stereocenters. The molecule has 1 atom stereocenters. The van der Waals surface area contributed by atoms with Crippen LogP contribution >= 0.6 is 0 Å². The van der Waals surface area contributed by atoms with Crippen LogP contribution in [-0.2, 0) is 29.4 Å². The molecule has 3 aromatic rings. The summed E-state index contributed by atoms with van der Waals surface area (Å²) in [6, 6.07) is 6.39. The van der Waals surface area contributed by atoms with Gasteiger partial charge in [-0.25, -0.2) is 5.10 Å². The molecule has 0 aliphatic carbocycles. The first kappa shape index (κ1) is 24.9. The third-order valence-corrected chi connectivity index (χ3v) is 5.10. The normalized spacial score (nSPS) is 15.5. The number of amides is 1. The molecule has 1 aliphatic rings. The summed E-state index contributed by atoms with van der Waals surface area (Å²) in [6.07, 6.45) is 2.69. The van der Waals surface area contributed by atoms with Gasteiger partial charge in [-0.3, -0.25) is 14.3 Å². The van der Waals surface area contributed by atoms with Gasteiger partial charge in [0.05, 0.1) is 30.7 Å². The Hall–Kier alpha value is -3.73. The first-order chi connectivity index (χ1) is 16.2. The van der Waals surface area contributed by atoms with Crippen molar-refractivity contribution in [1.29, 1.82) is 0 Å². The summed E-state index contributed by atoms with van der Waals surface area (Å²) < 4.78 is 44.6. The fourth-order valence-electron chi connectivity index (χ4n) is 3.30. The molecule has 1 fully saturated rings. The average molecular weight is 475 g/mol. The Balaban J connectivity index is 0.000000212. The van der Waals surface area contributed by atoms with Crippen LogP contribution in [0.25, 0.3) is 11.1 Å². The molecule has 8 nitrogen and oxygen atoms in total. The smallest absolute Gasteiger partial charge is 0.372 e. The maximum atomic E-state index is 12.4. The van der Waals surface area contributed by atoms with E-state index in [2.05, 4.69) is 21.9 Å². The topological polar surface area (TPSA) is 93.1 Å². The van der Waals surface area contributed by atoms with Crippen molar-refractivity contribution in [2.75, 3.05) is 13.1 Å². The van der Waals surface area contributed by atoms with Gasteiger partial charge in [0.25, 0.3) is 5.56 Å². The number of H-pyrrole nitrogens is 1. The van der Waals surface area contributed by atoms with Crippen molar-refractivity contribution in [3.05, 3.63) is 83.1 Å². The monoisotopic (exact) mass is 475 g/mol. The number of likely N-dealkylation sites (tertiary alicyclic amines) is 1. The van der Waals surface area contributed by atoms with Crippen LogP contribution in [0.2, 0.25) is 0 Å². The molecule has 34 heavy (non-hydrogen) atoms. The number of hydrogen-bond acceptors (Lipinski definition) is 5. The van der Waals surface area contributed by atoms with E-state index in [0.717, 1.165) is 29.7 Å². The van der Waals surface area contributed by atoms with E-state index in [1.165, 1.54) is 24.3 Å². The molecule has 1 aliphatic heterocycles. The summed E-state index contributed by atoms with van der Waals surface area (Å²) in [4.78, 5) is 24.0. The van der Waals surface area contributed by atoms with E-state index in [4.69, 9.17) is 4.74 Å². The molecular formula is C23H24F3N5O3. The van der Waals surface area contributed by atoms with Crippen LogP contribution in [0.1, 0.15) is 17.5 Å². The zero-order chi connectivity index (χ0) is 24.7. The Morgan fingerprint density at radius 1 is 1.26 bits per heavy atom. The zero-order valence-electron chi connectivity index (χ0n) is 18.5. The van der Waals surface area contributed by atoms with Crippen LogP contribution in [0.15, 0.2) is 66.4 Å². The lowest BCUT2D eigenvalue weighted by atomic mass is 10.1. The average Bonchev–Trinajstić information content (AvgIpc) is 3.46. The van der Waals surface area contributed by atoms with Crippen molar-refractivity contribution in [1.82, 2.24) is 24.9 Å². The predicted molar refractivity (Wildman–Crippen MR) is 118 cm³/mol. The van der Waals surface area contributed by atoms with Gasteiger partial charge in [-0.2, -0.15) is 23.4 Å². The summed E-state index contributed by atoms with van der Waals surface area (Å²) in [5, 5.41) is 10.0. The number of ether oxygens (including phenoxy) is 1. The van der Waals surface area contributed by atoms with Crippen molar-refractivity contribution in [3.63, 3.8) is 0 Å². The van der Waals surface area contributed by atoms with Gasteiger partial charge in [-0.1, -0.05) is 18.7 Å². The van der Waals surface area contributed by atoms with E-state index < -0.39 is 11.7 Å². The van der Waals surface area contributed by atoms with Crippen LogP contribution in [-0.4, -0.2) is 50.0 Å². The summed E-state index contributed by atoms with van der Waals surface area (Å²) >= 11 is 0. The Morgan fingerprint density at radius 2 is 2.00 bits per heavy atom. The predicted octanol–water partition coefficient (Wildman–Crippen LogP) is 3.18. The molecular weight excluding hydrogens is 451 g/mol. The molecule has 1 N–H and O–H groups in total. The van der Waals surface area contributed by atoms with Crippen molar-refractivity contribution in [2.24, 2.45) is 7.05 Å². The van der Waals surface area contributed by atoms with Gasteiger partial charge in [-0.15, -0.1) is 0 Å². The van der Waals surface area contributed by atoms with Gasteiger partial charge in [0, 0.05) is 43.5 Å². The molecule has 0 radical (unpaired) electrons. The van der Waals surface area contributed by atoms with E-state index in [0.29, 0.717) is 18.7 Å². The molecule has 0 bridgehead atoms. The molecule has 3 heterocycles. The molecule has 4 rings (SSSR count). The van der Waals surface area contributed by atoms with Gasteiger partial charge >= 0.3 is 6.18 Å². The maximum Gasteiger partial charge on any atom is 0.416 e. The summed E-state index contributed by atoms with van der Waals surface area (Å²) in [5.41, 5.74) is 1.46. The van der Waals surface area contributed by atoms with Gasteiger partial charge in [0.1, 0.15) is 0 Å². The molecule has 11 heteroatoms. The molecule has 0 spiro atoms. The van der Waals surface area contributed by atoms with Crippen molar-refractivity contribution in [3.8, 4) is 11.1 Å². The van der Waals surface area contributed by atoms with E-state index in [-0.39, 0.29) is 24.2 Å². The Kier molecular flexibility index (Phi) is 8.00. The Labute approximate surface area is 193 Å². The number of nitrogens with zero attached hydrogens (tertiary/aromatic N) is 4. The number of carbonyl (C=O) groups excluding carboxylic acids is 1. The zero-order valence-corrected chi connectivity index (χ0v) is 18.5. The van der Waals surface area contributed by atoms with Gasteiger partial charge in [0.15, 0.2) is 0 Å². The quantitative estimate of drug-likeness (QED) is 0.573. The standard InChI is InChI=1S/C15H16F3NO2.C8H8N4O/c1-2-14(20)19-8-7-13(9-19)21-10-11-3-5-12(6-4-11)15(16,17)18;1-12-5-7(4-10-12)6-2-8(13)11-9-3-6/h2-6,13H,1,7-10H2;2-5H,1H3,(H,11,13). The number of aromatic amines is 1. The molecule has 2 aromatic heterocycles. The maximum absolute atomic E-state index is 12.4. The van der Waals surface area contributed by atoms with Crippen molar-refractivity contribution in [2.45, 2.75) is 25.3 Å². The number of aromatic nitrogens is 4. The van der Waals surface area contributed by atoms with Crippen molar-refractivity contribution < 1.29 is 22.7 Å². The minimum Gasteiger partial charge on any atom is -0.372 e. The van der Waals surface area contributed by atoms with Gasteiger partial charge in [-0.05, 0) is 30.2 Å². The molecule has 1 aromatic carbocycles. The van der Waals surface area contributed by atoms with E-state index in [1.807, 2.05) is 13.2 Å². The minimum atomic E-state index is -4.32. The number of carbonyl (C=O) groups is 1. The molecule has 180 valence electrons. The molecule has 1 saturated heterocycles. The number of nitrogens with one attached hydrogen (secondary N) is 1. The highest BCUT2D eigenvalue weighted by Gasteiger charge is 2.30. The lowest BCUT2D eigenvalue weighted by Crippen LogP contribution is -2.28. The number of benzene rings is 1. The number of alkyl halides is 3. The van der Waals surface area contributed by atoms with Crippen LogP contribution in [0.3, 0.4) is 0 Å². The lowest BCUT2D eigenvalue weighted by molar-refractivity contribution is -0.137. The minimum absolute atomic E-state index is 0.0869. The van der Waals surface area contributed by atoms with Crippen molar-refractivity contribution >= 4 is 5.91 Å². The fraction of sp³-hybridized carbons (Fsp3) is 0.304. The van der Waals surface area contributed by atoms with Crippen LogP contribution in [0, 0.1) is 0 Å². The van der Waals surface area contributed by atoms with Gasteiger partial charge in [0.2, 0.25) is 5.91 Å². The molecule has 1 amide bonds. The number of halogens is 3. The summed E-state index contributed by atoms with van der Waals surface area (Å²) in [6.45, 7) is 4.77. The second-order valence-corrected chi connectivity index (χ2v) is 7.64. The largest absolute Gasteiger partial charge is 0.416 e. The highest BCUT2D eigenvalue weighted by molar-refractivity contribution is 5.87. The number of rotatable bonds is 5. The fourth-order valence-corrected chi connectivity index (χ4v) is 3.30. The van der Waals surface area contributed by atoms with Crippen LogP contribution < -0.4 is 5.56 Å². The van der Waals surface area contributed by atoms with Crippen LogP contribution in [0.4, 0.5) is 13.2 Å². The first-order valence-corrected chi connectivity index (χ1v) is 10.4. The number of aryl methyl sites for hydroxylation is 1. The van der Waals surface area contributed by atoms with E-state index in [1.54, 1.807) is 22.0 Å². The number of hydrogen-bond donors (Lipinski definition) is 1. The lowest BCUT2D eigenvalue weighted by Gasteiger charge is -2.15. The first-order valence-electron chi connectivity index (χ1n) is 10.4. The Bertz CT molecular complexity index is 1170. The second kappa shape index (κ2) is 10.9.